The summed E-state index contributed by atoms with van der Waals surface area (Å²) < 4.78 is 22.2. The van der Waals surface area contributed by atoms with Gasteiger partial charge < -0.3 is 24.1 Å². The van der Waals surface area contributed by atoms with Crippen molar-refractivity contribution >= 4 is 0 Å². The molecule has 0 saturated carbocycles. The molecule has 2 aliphatic rings. The highest BCUT2D eigenvalue weighted by molar-refractivity contribution is 5.16. The van der Waals surface area contributed by atoms with Crippen LogP contribution in [-0.4, -0.2) is 49.5 Å². The van der Waals surface area contributed by atoms with E-state index in [-0.39, 0.29) is 6.61 Å². The Morgan fingerprint density at radius 2 is 2.09 bits per heavy atom. The fourth-order valence-corrected chi connectivity index (χ4v) is 2.75. The SMILES string of the molecule is COC1OC2COC(c3ccccc3)O[C@@H]2C(N=[N+]=[N-])C1O. The molecule has 8 heteroatoms. The molecule has 0 aliphatic carbocycles. The second-order valence-corrected chi connectivity index (χ2v) is 5.14. The van der Waals surface area contributed by atoms with E-state index in [9.17, 15) is 5.11 Å². The van der Waals surface area contributed by atoms with E-state index in [1.807, 2.05) is 30.3 Å². The van der Waals surface area contributed by atoms with Gasteiger partial charge in [0.15, 0.2) is 12.6 Å². The van der Waals surface area contributed by atoms with E-state index < -0.39 is 36.9 Å². The maximum atomic E-state index is 10.2. The molecule has 0 aromatic heterocycles. The molecule has 1 N–H and O–H groups in total. The summed E-state index contributed by atoms with van der Waals surface area (Å²) in [5.74, 6) is 0. The highest BCUT2D eigenvalue weighted by atomic mass is 16.7. The average Bonchev–Trinajstić information content (AvgIpc) is 2.57. The third kappa shape index (κ3) is 2.80. The van der Waals surface area contributed by atoms with Gasteiger partial charge in [-0.15, -0.1) is 0 Å². The summed E-state index contributed by atoms with van der Waals surface area (Å²) in [6, 6.07) is 8.62. The van der Waals surface area contributed by atoms with Gasteiger partial charge in [-0.2, -0.15) is 0 Å². The summed E-state index contributed by atoms with van der Waals surface area (Å²) in [7, 11) is 1.42. The number of fused-ring (bicyclic) bond motifs is 1. The van der Waals surface area contributed by atoms with Gasteiger partial charge >= 0.3 is 0 Å². The molecule has 1 aromatic rings. The van der Waals surface area contributed by atoms with Crippen molar-refractivity contribution < 1.29 is 24.1 Å². The minimum Gasteiger partial charge on any atom is -0.387 e. The van der Waals surface area contributed by atoms with Crippen LogP contribution in [0.25, 0.3) is 10.4 Å². The second-order valence-electron chi connectivity index (χ2n) is 5.14. The number of ether oxygens (including phenoxy) is 4. The molecule has 2 heterocycles. The second kappa shape index (κ2) is 6.62. The summed E-state index contributed by atoms with van der Waals surface area (Å²) in [5.41, 5.74) is 9.60. The molecule has 0 amide bonds. The molecule has 0 spiro atoms. The Morgan fingerprint density at radius 1 is 1.32 bits per heavy atom. The van der Waals surface area contributed by atoms with E-state index in [2.05, 4.69) is 10.0 Å². The zero-order chi connectivity index (χ0) is 15.5. The molecule has 2 aliphatic heterocycles. The Balaban J connectivity index is 1.82. The number of nitrogens with zero attached hydrogens (tertiary/aromatic N) is 3. The van der Waals surface area contributed by atoms with E-state index in [4.69, 9.17) is 24.5 Å². The Kier molecular flexibility index (Phi) is 4.58. The van der Waals surface area contributed by atoms with Gasteiger partial charge in [-0.25, -0.2) is 0 Å². The quantitative estimate of drug-likeness (QED) is 0.517. The standard InChI is InChI=1S/C14H17N3O5/c1-19-14-11(18)10(16-17-15)12-9(21-14)7-20-13(22-12)8-5-3-2-4-6-8/h2-6,9-14,18H,7H2,1H3/t9?,10?,11?,12-,13?,14?/m0/s1. The normalized spacial score (nSPS) is 37.9. The summed E-state index contributed by atoms with van der Waals surface area (Å²) in [6.07, 6.45) is -3.64. The van der Waals surface area contributed by atoms with E-state index in [0.29, 0.717) is 0 Å². The largest absolute Gasteiger partial charge is 0.387 e. The van der Waals surface area contributed by atoms with Gasteiger partial charge in [-0.1, -0.05) is 35.4 Å². The van der Waals surface area contributed by atoms with Gasteiger partial charge in [0.05, 0.1) is 12.6 Å². The van der Waals surface area contributed by atoms with Crippen LogP contribution < -0.4 is 0 Å². The lowest BCUT2D eigenvalue weighted by atomic mass is 9.96. The predicted molar refractivity (Wildman–Crippen MR) is 74.6 cm³/mol. The minimum atomic E-state index is -1.10. The van der Waals surface area contributed by atoms with Gasteiger partial charge in [0.1, 0.15) is 18.3 Å². The maximum absolute atomic E-state index is 10.2. The molecule has 2 fully saturated rings. The number of hydrogen-bond acceptors (Lipinski definition) is 6. The van der Waals surface area contributed by atoms with Gasteiger partial charge in [0.2, 0.25) is 0 Å². The first-order valence-corrected chi connectivity index (χ1v) is 6.97. The first kappa shape index (κ1) is 15.2. The summed E-state index contributed by atoms with van der Waals surface area (Å²) in [4.78, 5) is 2.80. The minimum absolute atomic E-state index is 0.258. The highest BCUT2D eigenvalue weighted by Gasteiger charge is 2.49. The molecule has 0 bridgehead atoms. The van der Waals surface area contributed by atoms with Crippen LogP contribution in [-0.2, 0) is 18.9 Å². The van der Waals surface area contributed by atoms with E-state index in [1.54, 1.807) is 0 Å². The maximum Gasteiger partial charge on any atom is 0.184 e. The fraction of sp³-hybridized carbons (Fsp3) is 0.571. The van der Waals surface area contributed by atoms with Gasteiger partial charge in [-0.05, 0) is 5.53 Å². The van der Waals surface area contributed by atoms with E-state index >= 15 is 0 Å². The Hall–Kier alpha value is -1.67. The number of hydrogen-bond donors (Lipinski definition) is 1. The lowest BCUT2D eigenvalue weighted by Gasteiger charge is -2.46. The van der Waals surface area contributed by atoms with E-state index in [0.717, 1.165) is 5.56 Å². The molecule has 3 rings (SSSR count). The zero-order valence-corrected chi connectivity index (χ0v) is 12.0. The van der Waals surface area contributed by atoms with Crippen molar-refractivity contribution in [2.75, 3.05) is 13.7 Å². The van der Waals surface area contributed by atoms with Crippen molar-refractivity contribution in [1.29, 1.82) is 0 Å². The first-order chi connectivity index (χ1) is 10.7. The van der Waals surface area contributed by atoms with Crippen LogP contribution >= 0.6 is 0 Å². The molecular formula is C14H17N3O5. The average molecular weight is 307 g/mol. The highest BCUT2D eigenvalue weighted by Crippen LogP contribution is 2.35. The third-order valence-corrected chi connectivity index (χ3v) is 3.82. The number of azide groups is 1. The molecular weight excluding hydrogens is 290 g/mol. The van der Waals surface area contributed by atoms with Crippen LogP contribution in [0.4, 0.5) is 0 Å². The van der Waals surface area contributed by atoms with E-state index in [1.165, 1.54) is 7.11 Å². The smallest absolute Gasteiger partial charge is 0.184 e. The number of benzene rings is 1. The number of methoxy groups -OCH3 is 1. The molecule has 1 aromatic carbocycles. The topological polar surface area (TPSA) is 106 Å². The van der Waals surface area contributed by atoms with Crippen molar-refractivity contribution in [3.05, 3.63) is 46.3 Å². The first-order valence-electron chi connectivity index (χ1n) is 6.97. The Labute approximate surface area is 127 Å². The Bertz CT molecular complexity index is 551. The summed E-state index contributed by atoms with van der Waals surface area (Å²) in [5, 5.41) is 13.9. The zero-order valence-electron chi connectivity index (χ0n) is 12.0. The summed E-state index contributed by atoms with van der Waals surface area (Å²) >= 11 is 0. The van der Waals surface area contributed by atoms with Crippen molar-refractivity contribution in [2.24, 2.45) is 5.11 Å². The van der Waals surface area contributed by atoms with Crippen molar-refractivity contribution in [3.63, 3.8) is 0 Å². The molecule has 22 heavy (non-hydrogen) atoms. The van der Waals surface area contributed by atoms with Crippen molar-refractivity contribution in [2.45, 2.75) is 36.9 Å². The molecule has 118 valence electrons. The number of aliphatic hydroxyl groups is 1. The molecule has 5 unspecified atom stereocenters. The van der Waals surface area contributed by atoms with Crippen LogP contribution in [0.15, 0.2) is 35.4 Å². The third-order valence-electron chi connectivity index (χ3n) is 3.82. The van der Waals surface area contributed by atoms with Gasteiger partial charge in [-0.3, -0.25) is 0 Å². The van der Waals surface area contributed by atoms with Crippen LogP contribution in [0.2, 0.25) is 0 Å². The number of rotatable bonds is 3. The lowest BCUT2D eigenvalue weighted by Crippen LogP contribution is -2.61. The number of aliphatic hydroxyl groups excluding tert-OH is 1. The van der Waals surface area contributed by atoms with Crippen LogP contribution in [0.3, 0.4) is 0 Å². The van der Waals surface area contributed by atoms with Gasteiger partial charge in [0, 0.05) is 17.6 Å². The fourth-order valence-electron chi connectivity index (χ4n) is 2.75. The monoisotopic (exact) mass is 307 g/mol. The van der Waals surface area contributed by atoms with Crippen molar-refractivity contribution in [3.8, 4) is 0 Å². The van der Waals surface area contributed by atoms with Crippen LogP contribution in [0.5, 0.6) is 0 Å². The van der Waals surface area contributed by atoms with Crippen molar-refractivity contribution in [1.82, 2.24) is 0 Å². The van der Waals surface area contributed by atoms with Crippen LogP contribution in [0, 0.1) is 0 Å². The lowest BCUT2D eigenvalue weighted by molar-refractivity contribution is -0.337. The molecule has 8 nitrogen and oxygen atoms in total. The summed E-state index contributed by atoms with van der Waals surface area (Å²) in [6.45, 7) is 0.258. The van der Waals surface area contributed by atoms with Crippen LogP contribution in [0.1, 0.15) is 11.9 Å². The molecule has 2 saturated heterocycles. The molecule has 6 atom stereocenters. The predicted octanol–water partition coefficient (Wildman–Crippen LogP) is 1.51. The van der Waals surface area contributed by atoms with Gasteiger partial charge in [0.25, 0.3) is 0 Å². The Morgan fingerprint density at radius 3 is 2.77 bits per heavy atom. The molecule has 0 radical (unpaired) electrons.